The summed E-state index contributed by atoms with van der Waals surface area (Å²) in [5.41, 5.74) is 7.68. The fourth-order valence-corrected chi connectivity index (χ4v) is 3.87. The lowest BCUT2D eigenvalue weighted by molar-refractivity contribution is 0.412. The molecule has 1 fully saturated rings. The van der Waals surface area contributed by atoms with Gasteiger partial charge in [0.1, 0.15) is 10.8 Å². The summed E-state index contributed by atoms with van der Waals surface area (Å²) >= 11 is 1.44. The van der Waals surface area contributed by atoms with E-state index in [1.807, 2.05) is 25.1 Å². The summed E-state index contributed by atoms with van der Waals surface area (Å²) in [7, 11) is 0. The average Bonchev–Trinajstić information content (AvgIpc) is 3.12. The molecular formula is C19H23N7S. The van der Waals surface area contributed by atoms with E-state index in [1.165, 1.54) is 11.3 Å². The number of hydrogen-bond acceptors (Lipinski definition) is 8. The Morgan fingerprint density at radius 3 is 2.63 bits per heavy atom. The zero-order valence-electron chi connectivity index (χ0n) is 15.3. The van der Waals surface area contributed by atoms with E-state index < -0.39 is 0 Å². The minimum Gasteiger partial charge on any atom is -0.374 e. The van der Waals surface area contributed by atoms with Crippen molar-refractivity contribution >= 4 is 22.3 Å². The maximum atomic E-state index is 5.63. The number of rotatable bonds is 5. The highest BCUT2D eigenvalue weighted by atomic mass is 32.1. The monoisotopic (exact) mass is 381 g/mol. The first-order valence-electron chi connectivity index (χ1n) is 9.14. The van der Waals surface area contributed by atoms with Gasteiger partial charge in [0.2, 0.25) is 5.13 Å². The van der Waals surface area contributed by atoms with Crippen molar-refractivity contribution in [2.24, 2.45) is 0 Å². The van der Waals surface area contributed by atoms with Gasteiger partial charge in [-0.05, 0) is 19.8 Å². The largest absolute Gasteiger partial charge is 0.374 e. The highest BCUT2D eigenvalue weighted by Gasteiger charge is 2.21. The lowest BCUT2D eigenvalue weighted by atomic mass is 10.0. The lowest BCUT2D eigenvalue weighted by Gasteiger charge is -2.33. The second-order valence-corrected chi connectivity index (χ2v) is 7.83. The number of nitrogens with zero attached hydrogens (tertiary/aromatic N) is 5. The van der Waals surface area contributed by atoms with Crippen LogP contribution in [0.2, 0.25) is 0 Å². The van der Waals surface area contributed by atoms with Gasteiger partial charge in [0.05, 0.1) is 6.54 Å². The maximum absolute atomic E-state index is 5.63. The molecule has 3 N–H and O–H groups in total. The zero-order valence-corrected chi connectivity index (χ0v) is 16.1. The number of piperidine rings is 1. The van der Waals surface area contributed by atoms with E-state index >= 15 is 0 Å². The van der Waals surface area contributed by atoms with E-state index in [2.05, 4.69) is 43.6 Å². The van der Waals surface area contributed by atoms with Gasteiger partial charge in [0.25, 0.3) is 0 Å². The van der Waals surface area contributed by atoms with Crippen LogP contribution in [0.25, 0.3) is 11.4 Å². The Bertz CT molecular complexity index is 888. The van der Waals surface area contributed by atoms with Crippen LogP contribution in [-0.4, -0.2) is 39.3 Å². The second kappa shape index (κ2) is 7.98. The van der Waals surface area contributed by atoms with Crippen molar-refractivity contribution in [3.05, 3.63) is 47.1 Å². The molecule has 2 aromatic heterocycles. The molecule has 3 aromatic rings. The molecule has 140 valence electrons. The summed E-state index contributed by atoms with van der Waals surface area (Å²) in [6, 6.07) is 12.7. The molecule has 8 heteroatoms. The summed E-state index contributed by atoms with van der Waals surface area (Å²) in [6.07, 6.45) is 2.13. The van der Waals surface area contributed by atoms with Gasteiger partial charge in [0.15, 0.2) is 5.82 Å². The predicted octanol–water partition coefficient (Wildman–Crippen LogP) is 2.64. The molecule has 1 aliphatic rings. The smallest absolute Gasteiger partial charge is 0.203 e. The highest BCUT2D eigenvalue weighted by molar-refractivity contribution is 7.15. The number of anilines is 2. The Hall–Kier alpha value is -2.58. The van der Waals surface area contributed by atoms with E-state index in [9.17, 15) is 0 Å². The highest BCUT2D eigenvalue weighted by Crippen LogP contribution is 2.23. The van der Waals surface area contributed by atoms with Crippen LogP contribution < -0.4 is 16.0 Å². The minimum atomic E-state index is 0.475. The molecule has 0 atom stereocenters. The van der Waals surface area contributed by atoms with E-state index in [1.54, 1.807) is 0 Å². The van der Waals surface area contributed by atoms with Crippen LogP contribution in [0.3, 0.4) is 0 Å². The molecule has 0 radical (unpaired) electrons. The van der Waals surface area contributed by atoms with Crippen molar-refractivity contribution in [2.75, 3.05) is 23.7 Å². The molecule has 0 aliphatic carbocycles. The molecule has 0 spiro atoms. The number of aryl methyl sites for hydroxylation is 1. The van der Waals surface area contributed by atoms with Gasteiger partial charge in [-0.15, -0.1) is 10.2 Å². The topological polar surface area (TPSA) is 92.8 Å². The third-order valence-electron chi connectivity index (χ3n) is 4.72. The SMILES string of the molecule is Cc1cc(N2CCC(NCc3nnc(N)s3)CC2)nc(-c2ccccc2)n1. The molecule has 1 saturated heterocycles. The Kier molecular flexibility index (Phi) is 5.26. The molecule has 0 saturated carbocycles. The average molecular weight is 382 g/mol. The Labute approximate surface area is 162 Å². The summed E-state index contributed by atoms with van der Waals surface area (Å²) in [5.74, 6) is 1.80. The van der Waals surface area contributed by atoms with E-state index in [-0.39, 0.29) is 0 Å². The van der Waals surface area contributed by atoms with Gasteiger partial charge in [-0.25, -0.2) is 9.97 Å². The van der Waals surface area contributed by atoms with Gasteiger partial charge in [-0.2, -0.15) is 0 Å². The van der Waals surface area contributed by atoms with E-state index in [0.29, 0.717) is 11.2 Å². The Morgan fingerprint density at radius 2 is 1.93 bits per heavy atom. The molecule has 1 aromatic carbocycles. The van der Waals surface area contributed by atoms with Gasteiger partial charge in [-0.1, -0.05) is 41.7 Å². The quantitative estimate of drug-likeness (QED) is 0.702. The fourth-order valence-electron chi connectivity index (χ4n) is 3.31. The van der Waals surface area contributed by atoms with Crippen LogP contribution in [0.1, 0.15) is 23.5 Å². The molecule has 1 aliphatic heterocycles. The number of nitrogen functional groups attached to an aromatic ring is 1. The number of nitrogens with one attached hydrogen (secondary N) is 1. The standard InChI is InChI=1S/C19H23N7S/c1-13-11-16(23-18(22-13)14-5-3-2-4-6-14)26-9-7-15(8-10-26)21-12-17-24-25-19(20)27-17/h2-6,11,15,21H,7-10,12H2,1H3,(H2,20,25). The first kappa shape index (κ1) is 17.8. The van der Waals surface area contributed by atoms with Crippen molar-refractivity contribution in [3.8, 4) is 11.4 Å². The third-order valence-corrected chi connectivity index (χ3v) is 5.47. The maximum Gasteiger partial charge on any atom is 0.203 e. The lowest BCUT2D eigenvalue weighted by Crippen LogP contribution is -2.42. The molecule has 3 heterocycles. The predicted molar refractivity (Wildman–Crippen MR) is 109 cm³/mol. The summed E-state index contributed by atoms with van der Waals surface area (Å²) in [4.78, 5) is 11.8. The van der Waals surface area contributed by atoms with Crippen molar-refractivity contribution in [2.45, 2.75) is 32.4 Å². The van der Waals surface area contributed by atoms with Gasteiger partial charge >= 0.3 is 0 Å². The van der Waals surface area contributed by atoms with Crippen LogP contribution in [0.15, 0.2) is 36.4 Å². The zero-order chi connectivity index (χ0) is 18.6. The molecule has 0 bridgehead atoms. The van der Waals surface area contributed by atoms with Crippen molar-refractivity contribution in [3.63, 3.8) is 0 Å². The van der Waals surface area contributed by atoms with Gasteiger partial charge < -0.3 is 16.0 Å². The van der Waals surface area contributed by atoms with Crippen LogP contribution in [-0.2, 0) is 6.54 Å². The number of nitrogens with two attached hydrogens (primary N) is 1. The van der Waals surface area contributed by atoms with E-state index in [4.69, 9.17) is 10.7 Å². The summed E-state index contributed by atoms with van der Waals surface area (Å²) in [6.45, 7) is 4.70. The number of benzene rings is 1. The van der Waals surface area contributed by atoms with Crippen LogP contribution in [0.5, 0.6) is 0 Å². The number of aromatic nitrogens is 4. The third kappa shape index (κ3) is 4.40. The molecule has 27 heavy (non-hydrogen) atoms. The molecule has 0 unspecified atom stereocenters. The van der Waals surface area contributed by atoms with Crippen molar-refractivity contribution < 1.29 is 0 Å². The normalized spacial score (nSPS) is 15.2. The van der Waals surface area contributed by atoms with E-state index in [0.717, 1.165) is 60.4 Å². The van der Waals surface area contributed by atoms with Crippen LogP contribution in [0, 0.1) is 6.92 Å². The van der Waals surface area contributed by atoms with Crippen molar-refractivity contribution in [1.29, 1.82) is 0 Å². The Morgan fingerprint density at radius 1 is 1.15 bits per heavy atom. The minimum absolute atomic E-state index is 0.475. The van der Waals surface area contributed by atoms with Gasteiger partial charge in [-0.3, -0.25) is 0 Å². The Balaban J connectivity index is 1.38. The molecule has 0 amide bonds. The number of hydrogen-bond donors (Lipinski definition) is 2. The molecule has 7 nitrogen and oxygen atoms in total. The molecule has 4 rings (SSSR count). The van der Waals surface area contributed by atoms with Crippen LogP contribution >= 0.6 is 11.3 Å². The fraction of sp³-hybridized carbons (Fsp3) is 0.368. The summed E-state index contributed by atoms with van der Waals surface area (Å²) in [5, 5.41) is 12.9. The first-order valence-corrected chi connectivity index (χ1v) is 9.96. The summed E-state index contributed by atoms with van der Waals surface area (Å²) < 4.78 is 0. The van der Waals surface area contributed by atoms with Gasteiger partial charge in [0, 0.05) is 36.5 Å². The first-order chi connectivity index (χ1) is 13.2. The molecular weight excluding hydrogens is 358 g/mol. The van der Waals surface area contributed by atoms with Crippen LogP contribution in [0.4, 0.5) is 10.9 Å². The van der Waals surface area contributed by atoms with Crippen molar-refractivity contribution in [1.82, 2.24) is 25.5 Å². The second-order valence-electron chi connectivity index (χ2n) is 6.73.